The Morgan fingerprint density at radius 3 is 2.46 bits per heavy atom. The molecule has 0 radical (unpaired) electrons. The molecule has 0 bridgehead atoms. The summed E-state index contributed by atoms with van der Waals surface area (Å²) in [6.07, 6.45) is 2.54. The van der Waals surface area contributed by atoms with Crippen molar-refractivity contribution in [3.05, 3.63) is 81.7 Å². The number of nitrogens with one attached hydrogen (secondary N) is 2. The second kappa shape index (κ2) is 11.0. The smallest absolute Gasteiger partial charge is 0.341 e. The first-order chi connectivity index (χ1) is 17.0. The van der Waals surface area contributed by atoms with E-state index in [1.165, 1.54) is 18.4 Å². The van der Waals surface area contributed by atoms with Crippen LogP contribution in [0.2, 0.25) is 0 Å². The highest BCUT2D eigenvalue weighted by atomic mass is 32.1. The minimum Gasteiger partial charge on any atom is -0.489 e. The van der Waals surface area contributed by atoms with Gasteiger partial charge < -0.3 is 14.8 Å². The first kappa shape index (κ1) is 24.2. The summed E-state index contributed by atoms with van der Waals surface area (Å²) in [7, 11) is 1.29. The van der Waals surface area contributed by atoms with Crippen molar-refractivity contribution in [1.29, 1.82) is 0 Å². The molecule has 1 aromatic heterocycles. The largest absolute Gasteiger partial charge is 0.489 e. The molecule has 0 saturated carbocycles. The number of carbonyl (C=O) groups excluding carboxylic acids is 3. The quantitative estimate of drug-likeness (QED) is 0.224. The van der Waals surface area contributed by atoms with E-state index in [1.54, 1.807) is 6.92 Å². The molecule has 0 fully saturated rings. The van der Waals surface area contributed by atoms with E-state index in [2.05, 4.69) is 15.8 Å². The highest BCUT2D eigenvalue weighted by Gasteiger charge is 2.29. The number of anilines is 1. The van der Waals surface area contributed by atoms with Crippen molar-refractivity contribution in [2.75, 3.05) is 12.4 Å². The third-order valence-corrected chi connectivity index (χ3v) is 6.80. The minimum atomic E-state index is -0.934. The van der Waals surface area contributed by atoms with Gasteiger partial charge in [-0.05, 0) is 67.1 Å². The number of ether oxygens (including phenoxy) is 2. The standard InChI is InChI=1S/C26H25N3O5S/c1-16(18-11-13-19(14-12-18)34-15-17-7-4-3-5-8-17)28-29-24(31)23(30)27-25-22(26(32)33-2)20-9-6-10-21(20)35-25/h3-5,7-8,11-14H,6,9-10,15H2,1-2H3,(H,27,30)(H,29,31)/b28-16+. The third kappa shape index (κ3) is 5.75. The predicted molar refractivity (Wildman–Crippen MR) is 134 cm³/mol. The zero-order valence-corrected chi connectivity index (χ0v) is 20.2. The molecule has 2 aromatic carbocycles. The molecular weight excluding hydrogens is 466 g/mol. The van der Waals surface area contributed by atoms with E-state index in [0.29, 0.717) is 28.6 Å². The molecule has 4 rings (SSSR count). The van der Waals surface area contributed by atoms with Gasteiger partial charge in [-0.2, -0.15) is 5.10 Å². The summed E-state index contributed by atoms with van der Waals surface area (Å²) in [5, 5.41) is 6.89. The van der Waals surface area contributed by atoms with Crippen molar-refractivity contribution < 1.29 is 23.9 Å². The van der Waals surface area contributed by atoms with Crippen LogP contribution in [-0.2, 0) is 33.8 Å². The zero-order chi connectivity index (χ0) is 24.8. The van der Waals surface area contributed by atoms with E-state index in [1.807, 2.05) is 54.6 Å². The number of hydrogen-bond acceptors (Lipinski definition) is 7. The maximum atomic E-state index is 12.4. The second-order valence-electron chi connectivity index (χ2n) is 7.94. The topological polar surface area (TPSA) is 106 Å². The molecule has 3 aromatic rings. The van der Waals surface area contributed by atoms with Crippen LogP contribution in [0.15, 0.2) is 59.7 Å². The number of amides is 2. The summed E-state index contributed by atoms with van der Waals surface area (Å²) >= 11 is 1.30. The Hall–Kier alpha value is -3.98. The summed E-state index contributed by atoms with van der Waals surface area (Å²) < 4.78 is 10.6. The van der Waals surface area contributed by atoms with Crippen LogP contribution in [0, 0.1) is 0 Å². The van der Waals surface area contributed by atoms with Crippen LogP contribution < -0.4 is 15.5 Å². The van der Waals surface area contributed by atoms with Crippen LogP contribution in [0.5, 0.6) is 5.75 Å². The van der Waals surface area contributed by atoms with E-state index in [9.17, 15) is 14.4 Å². The third-order valence-electron chi connectivity index (χ3n) is 5.59. The van der Waals surface area contributed by atoms with Crippen LogP contribution in [-0.4, -0.2) is 30.6 Å². The van der Waals surface area contributed by atoms with Gasteiger partial charge in [0.15, 0.2) is 0 Å². The molecule has 2 amide bonds. The van der Waals surface area contributed by atoms with Gasteiger partial charge in [0.1, 0.15) is 17.4 Å². The van der Waals surface area contributed by atoms with Gasteiger partial charge in [-0.3, -0.25) is 9.59 Å². The SMILES string of the molecule is COC(=O)c1c(NC(=O)C(=O)N/N=C(\C)c2ccc(OCc3ccccc3)cc2)sc2c1CCC2. The molecule has 1 aliphatic carbocycles. The molecule has 8 nitrogen and oxygen atoms in total. The van der Waals surface area contributed by atoms with Crippen LogP contribution in [0.4, 0.5) is 5.00 Å². The Morgan fingerprint density at radius 1 is 1.00 bits per heavy atom. The molecule has 1 aliphatic rings. The molecule has 0 atom stereocenters. The van der Waals surface area contributed by atoms with Gasteiger partial charge in [0.05, 0.1) is 18.4 Å². The van der Waals surface area contributed by atoms with E-state index in [4.69, 9.17) is 9.47 Å². The molecule has 0 aliphatic heterocycles. The maximum Gasteiger partial charge on any atom is 0.341 e. The number of fused-ring (bicyclic) bond motifs is 1. The lowest BCUT2D eigenvalue weighted by Crippen LogP contribution is -2.33. The van der Waals surface area contributed by atoms with Gasteiger partial charge in [0, 0.05) is 4.88 Å². The number of thiophene rings is 1. The van der Waals surface area contributed by atoms with Crippen molar-refractivity contribution in [2.24, 2.45) is 5.10 Å². The summed E-state index contributed by atoms with van der Waals surface area (Å²) in [6.45, 7) is 2.18. The molecular formula is C26H25N3O5S. The summed E-state index contributed by atoms with van der Waals surface area (Å²) in [5.74, 6) is -1.66. The fraction of sp³-hybridized carbons (Fsp3) is 0.231. The van der Waals surface area contributed by atoms with E-state index in [-0.39, 0.29) is 0 Å². The normalized spacial score (nSPS) is 12.6. The fourth-order valence-electron chi connectivity index (χ4n) is 3.75. The monoisotopic (exact) mass is 491 g/mol. The number of rotatable bonds is 7. The van der Waals surface area contributed by atoms with Crippen molar-refractivity contribution in [3.8, 4) is 5.75 Å². The average molecular weight is 492 g/mol. The minimum absolute atomic E-state index is 0.327. The number of aryl methyl sites for hydroxylation is 1. The maximum absolute atomic E-state index is 12.4. The van der Waals surface area contributed by atoms with Gasteiger partial charge >= 0.3 is 17.8 Å². The summed E-state index contributed by atoms with van der Waals surface area (Å²) in [4.78, 5) is 38.0. The number of methoxy groups -OCH3 is 1. The molecule has 0 saturated heterocycles. The van der Waals surface area contributed by atoms with Crippen LogP contribution in [0.25, 0.3) is 0 Å². The molecule has 0 spiro atoms. The van der Waals surface area contributed by atoms with Crippen molar-refractivity contribution in [1.82, 2.24) is 5.43 Å². The lowest BCUT2D eigenvalue weighted by Gasteiger charge is -2.08. The van der Waals surface area contributed by atoms with E-state index in [0.717, 1.165) is 40.8 Å². The number of nitrogens with zero attached hydrogens (tertiary/aromatic N) is 1. The summed E-state index contributed by atoms with van der Waals surface area (Å²) in [5.41, 5.74) is 5.85. The highest BCUT2D eigenvalue weighted by molar-refractivity contribution is 7.17. The van der Waals surface area contributed by atoms with Crippen molar-refractivity contribution >= 4 is 39.8 Å². The Labute approximate surface area is 207 Å². The first-order valence-electron chi connectivity index (χ1n) is 11.1. The van der Waals surface area contributed by atoms with Crippen molar-refractivity contribution in [3.63, 3.8) is 0 Å². The van der Waals surface area contributed by atoms with Gasteiger partial charge in [0.25, 0.3) is 0 Å². The van der Waals surface area contributed by atoms with Gasteiger partial charge in [0.2, 0.25) is 0 Å². The highest BCUT2D eigenvalue weighted by Crippen LogP contribution is 2.39. The van der Waals surface area contributed by atoms with E-state index >= 15 is 0 Å². The lowest BCUT2D eigenvalue weighted by atomic mass is 10.1. The second-order valence-corrected chi connectivity index (χ2v) is 9.05. The average Bonchev–Trinajstić information content (AvgIpc) is 3.47. The summed E-state index contributed by atoms with van der Waals surface area (Å²) in [6, 6.07) is 17.1. The van der Waals surface area contributed by atoms with Crippen LogP contribution >= 0.6 is 11.3 Å². The van der Waals surface area contributed by atoms with Crippen LogP contribution in [0.1, 0.15) is 45.3 Å². The van der Waals surface area contributed by atoms with E-state index < -0.39 is 17.8 Å². The number of benzene rings is 2. The van der Waals surface area contributed by atoms with Crippen LogP contribution in [0.3, 0.4) is 0 Å². The molecule has 1 heterocycles. The lowest BCUT2D eigenvalue weighted by molar-refractivity contribution is -0.136. The first-order valence-corrected chi connectivity index (χ1v) is 11.9. The van der Waals surface area contributed by atoms with Gasteiger partial charge in [-0.25, -0.2) is 10.2 Å². The number of hydrazone groups is 1. The number of carbonyl (C=O) groups is 3. The number of esters is 1. The number of hydrogen-bond donors (Lipinski definition) is 2. The Balaban J connectivity index is 1.34. The predicted octanol–water partition coefficient (Wildman–Crippen LogP) is 4.08. The van der Waals surface area contributed by atoms with Gasteiger partial charge in [-0.1, -0.05) is 30.3 Å². The Morgan fingerprint density at radius 2 is 1.74 bits per heavy atom. The molecule has 2 N–H and O–H groups in total. The Kier molecular flexibility index (Phi) is 7.57. The molecule has 35 heavy (non-hydrogen) atoms. The fourth-order valence-corrected chi connectivity index (χ4v) is 5.03. The molecule has 180 valence electrons. The molecule has 0 unspecified atom stereocenters. The van der Waals surface area contributed by atoms with Crippen molar-refractivity contribution in [2.45, 2.75) is 32.8 Å². The zero-order valence-electron chi connectivity index (χ0n) is 19.4. The Bertz CT molecular complexity index is 1270. The van der Waals surface area contributed by atoms with Gasteiger partial charge in [-0.15, -0.1) is 11.3 Å². The molecule has 9 heteroatoms.